The largest absolute Gasteiger partial charge is 0.481 e. The summed E-state index contributed by atoms with van der Waals surface area (Å²) >= 11 is 0. The highest BCUT2D eigenvalue weighted by atomic mass is 16.4. The van der Waals surface area contributed by atoms with E-state index in [-0.39, 0.29) is 12.3 Å². The molecule has 122 valence electrons. The van der Waals surface area contributed by atoms with E-state index in [0.29, 0.717) is 0 Å². The molecule has 0 aliphatic rings. The molecule has 1 atom stereocenters. The van der Waals surface area contributed by atoms with Gasteiger partial charge in [0.25, 0.3) is 0 Å². The summed E-state index contributed by atoms with van der Waals surface area (Å²) < 4.78 is 0. The van der Waals surface area contributed by atoms with Crippen LogP contribution in [0.2, 0.25) is 0 Å². The second kappa shape index (κ2) is 12.7. The number of allylic oxidation sites excluding steroid dienone is 4. The van der Waals surface area contributed by atoms with Crippen LogP contribution in [-0.2, 0) is 4.79 Å². The minimum atomic E-state index is -0.720. The predicted molar refractivity (Wildman–Crippen MR) is 91.5 cm³/mol. The average Bonchev–Trinajstić information content (AvgIpc) is 2.36. The summed E-state index contributed by atoms with van der Waals surface area (Å²) in [7, 11) is 0. The van der Waals surface area contributed by atoms with Gasteiger partial charge >= 0.3 is 5.97 Å². The van der Waals surface area contributed by atoms with Crippen LogP contribution in [0.25, 0.3) is 0 Å². The normalized spacial score (nSPS) is 14.3. The van der Waals surface area contributed by atoms with Gasteiger partial charge in [0.2, 0.25) is 0 Å². The van der Waals surface area contributed by atoms with E-state index in [1.165, 1.54) is 56.1 Å². The molecule has 0 saturated heterocycles. The Balaban J connectivity index is 3.89. The van der Waals surface area contributed by atoms with Crippen molar-refractivity contribution in [3.05, 3.63) is 23.3 Å². The van der Waals surface area contributed by atoms with Gasteiger partial charge in [-0.2, -0.15) is 0 Å². The van der Waals surface area contributed by atoms with Crippen molar-refractivity contribution < 1.29 is 9.90 Å². The Bertz CT molecular complexity index is 339. The van der Waals surface area contributed by atoms with Crippen molar-refractivity contribution in [2.45, 2.75) is 85.5 Å². The summed E-state index contributed by atoms with van der Waals surface area (Å²) in [6.45, 7) is 8.49. The molecule has 0 aliphatic carbocycles. The SMILES string of the molecule is CCCCCCCC/C=C(/C)C/C(C)=C/[C@@H](C)CC(=O)O. The number of carboxylic acids is 1. The van der Waals surface area contributed by atoms with Gasteiger partial charge < -0.3 is 5.11 Å². The van der Waals surface area contributed by atoms with Crippen LogP contribution in [0.15, 0.2) is 23.3 Å². The summed E-state index contributed by atoms with van der Waals surface area (Å²) in [5.74, 6) is -0.601. The molecule has 21 heavy (non-hydrogen) atoms. The molecule has 0 saturated carbocycles. The fraction of sp³-hybridized carbons (Fsp3) is 0.737. The van der Waals surface area contributed by atoms with E-state index >= 15 is 0 Å². The second-order valence-corrected chi connectivity index (χ2v) is 6.37. The molecule has 2 nitrogen and oxygen atoms in total. The zero-order chi connectivity index (χ0) is 16.1. The lowest BCUT2D eigenvalue weighted by Crippen LogP contribution is -2.02. The number of aliphatic carboxylic acids is 1. The third kappa shape index (κ3) is 13.7. The van der Waals surface area contributed by atoms with Gasteiger partial charge in [-0.1, -0.05) is 69.2 Å². The Morgan fingerprint density at radius 1 is 1.05 bits per heavy atom. The Kier molecular flexibility index (Phi) is 12.0. The maximum absolute atomic E-state index is 10.6. The number of rotatable bonds is 12. The van der Waals surface area contributed by atoms with E-state index in [1.807, 2.05) is 6.92 Å². The smallest absolute Gasteiger partial charge is 0.303 e. The number of carbonyl (C=O) groups is 1. The van der Waals surface area contributed by atoms with Gasteiger partial charge in [0.15, 0.2) is 0 Å². The first-order valence-electron chi connectivity index (χ1n) is 8.50. The Morgan fingerprint density at radius 3 is 2.29 bits per heavy atom. The lowest BCUT2D eigenvalue weighted by molar-refractivity contribution is -0.137. The van der Waals surface area contributed by atoms with E-state index in [2.05, 4.69) is 32.9 Å². The van der Waals surface area contributed by atoms with Crippen molar-refractivity contribution in [1.82, 2.24) is 0 Å². The molecule has 0 fully saturated rings. The van der Waals surface area contributed by atoms with E-state index in [4.69, 9.17) is 5.11 Å². The van der Waals surface area contributed by atoms with Crippen LogP contribution >= 0.6 is 0 Å². The molecule has 0 unspecified atom stereocenters. The Hall–Kier alpha value is -1.05. The van der Waals surface area contributed by atoms with Crippen molar-refractivity contribution in [1.29, 1.82) is 0 Å². The number of hydrogen-bond donors (Lipinski definition) is 1. The average molecular weight is 294 g/mol. The number of carboxylic acid groups (broad SMARTS) is 1. The molecule has 0 radical (unpaired) electrons. The molecule has 0 aromatic carbocycles. The van der Waals surface area contributed by atoms with Crippen LogP contribution in [0, 0.1) is 5.92 Å². The molecule has 0 amide bonds. The molecule has 1 N–H and O–H groups in total. The van der Waals surface area contributed by atoms with Crippen molar-refractivity contribution in [3.63, 3.8) is 0 Å². The maximum atomic E-state index is 10.6. The highest BCUT2D eigenvalue weighted by Crippen LogP contribution is 2.16. The van der Waals surface area contributed by atoms with E-state index in [0.717, 1.165) is 6.42 Å². The van der Waals surface area contributed by atoms with Crippen LogP contribution in [0.1, 0.15) is 85.5 Å². The molecule has 0 spiro atoms. The van der Waals surface area contributed by atoms with Crippen LogP contribution in [0.5, 0.6) is 0 Å². The molecule has 0 aliphatic heterocycles. The highest BCUT2D eigenvalue weighted by molar-refractivity contribution is 5.67. The summed E-state index contributed by atoms with van der Waals surface area (Å²) in [5.41, 5.74) is 2.68. The summed E-state index contributed by atoms with van der Waals surface area (Å²) in [5, 5.41) is 8.76. The zero-order valence-electron chi connectivity index (χ0n) is 14.5. The van der Waals surface area contributed by atoms with E-state index < -0.39 is 5.97 Å². The quantitative estimate of drug-likeness (QED) is 0.347. The van der Waals surface area contributed by atoms with Gasteiger partial charge in [-0.3, -0.25) is 4.79 Å². The zero-order valence-corrected chi connectivity index (χ0v) is 14.5. The molecule has 0 heterocycles. The standard InChI is InChI=1S/C19H34O2/c1-5-6-7-8-9-10-11-12-16(2)13-17(3)14-18(4)15-19(20)21/h12,14,18H,5-11,13,15H2,1-4H3,(H,20,21)/b16-12-,17-14+/t18-/m1/s1. The number of hydrogen-bond acceptors (Lipinski definition) is 1. The second-order valence-electron chi connectivity index (χ2n) is 6.37. The van der Waals surface area contributed by atoms with Crippen molar-refractivity contribution >= 4 is 5.97 Å². The third-order valence-electron chi connectivity index (χ3n) is 3.67. The fourth-order valence-electron chi connectivity index (χ4n) is 2.66. The Morgan fingerprint density at radius 2 is 1.67 bits per heavy atom. The summed E-state index contributed by atoms with van der Waals surface area (Å²) in [4.78, 5) is 10.6. The van der Waals surface area contributed by atoms with Crippen LogP contribution in [-0.4, -0.2) is 11.1 Å². The molecule has 0 bridgehead atoms. The first-order valence-corrected chi connectivity index (χ1v) is 8.50. The van der Waals surface area contributed by atoms with Gasteiger partial charge in [-0.25, -0.2) is 0 Å². The van der Waals surface area contributed by atoms with Gasteiger partial charge in [-0.15, -0.1) is 0 Å². The molecule has 0 aromatic heterocycles. The van der Waals surface area contributed by atoms with Gasteiger partial charge in [0.05, 0.1) is 6.42 Å². The number of unbranched alkanes of at least 4 members (excludes halogenated alkanes) is 6. The summed E-state index contributed by atoms with van der Waals surface area (Å²) in [6, 6.07) is 0. The minimum Gasteiger partial charge on any atom is -0.481 e. The first-order chi connectivity index (χ1) is 9.95. The molecular formula is C19H34O2. The van der Waals surface area contributed by atoms with Crippen molar-refractivity contribution in [3.8, 4) is 0 Å². The minimum absolute atomic E-state index is 0.119. The highest BCUT2D eigenvalue weighted by Gasteiger charge is 2.05. The topological polar surface area (TPSA) is 37.3 Å². The lowest BCUT2D eigenvalue weighted by atomic mass is 10.00. The van der Waals surface area contributed by atoms with Gasteiger partial charge in [0.1, 0.15) is 0 Å². The van der Waals surface area contributed by atoms with E-state index in [1.54, 1.807) is 0 Å². The van der Waals surface area contributed by atoms with Gasteiger partial charge in [0, 0.05) is 0 Å². The summed E-state index contributed by atoms with van der Waals surface area (Å²) in [6.07, 6.45) is 14.9. The maximum Gasteiger partial charge on any atom is 0.303 e. The van der Waals surface area contributed by atoms with Crippen molar-refractivity contribution in [2.75, 3.05) is 0 Å². The van der Waals surface area contributed by atoms with Crippen LogP contribution < -0.4 is 0 Å². The van der Waals surface area contributed by atoms with Gasteiger partial charge in [-0.05, 0) is 39.0 Å². The van der Waals surface area contributed by atoms with Crippen LogP contribution in [0.4, 0.5) is 0 Å². The van der Waals surface area contributed by atoms with Crippen molar-refractivity contribution in [2.24, 2.45) is 5.92 Å². The third-order valence-corrected chi connectivity index (χ3v) is 3.67. The molecular weight excluding hydrogens is 260 g/mol. The molecule has 2 heteroatoms. The lowest BCUT2D eigenvalue weighted by Gasteiger charge is -2.07. The fourth-order valence-corrected chi connectivity index (χ4v) is 2.66. The molecule has 0 aromatic rings. The monoisotopic (exact) mass is 294 g/mol. The Labute approximate surface area is 131 Å². The molecule has 0 rings (SSSR count). The predicted octanol–water partition coefficient (Wildman–Crippen LogP) is 6.13. The first kappa shape index (κ1) is 19.9. The van der Waals surface area contributed by atoms with Crippen LogP contribution in [0.3, 0.4) is 0 Å². The van der Waals surface area contributed by atoms with E-state index in [9.17, 15) is 4.79 Å².